The standard InChI is InChI=1S/C26H28N6O2S2/c1-4-7-8-24(33)34-21-15-11-19(12-16-21)28-30-23-17-22-25(36-23)27-26(35-22)31-29-18-9-13-20(14-10-18)32(5-2)6-3/h9-17H,4-8H2,1-3H3. The van der Waals surface area contributed by atoms with Gasteiger partial charge in [0.05, 0.1) is 16.1 Å². The van der Waals surface area contributed by atoms with Crippen LogP contribution in [0.3, 0.4) is 0 Å². The van der Waals surface area contributed by atoms with Gasteiger partial charge in [0, 0.05) is 25.2 Å². The summed E-state index contributed by atoms with van der Waals surface area (Å²) in [5, 5.41) is 18.6. The van der Waals surface area contributed by atoms with Crippen LogP contribution in [0.2, 0.25) is 0 Å². The minimum Gasteiger partial charge on any atom is -0.427 e. The van der Waals surface area contributed by atoms with Gasteiger partial charge >= 0.3 is 5.97 Å². The summed E-state index contributed by atoms with van der Waals surface area (Å²) in [7, 11) is 0. The fourth-order valence-electron chi connectivity index (χ4n) is 3.41. The van der Waals surface area contributed by atoms with Crippen molar-refractivity contribution in [3.63, 3.8) is 0 Å². The van der Waals surface area contributed by atoms with E-state index in [1.807, 2.05) is 25.1 Å². The van der Waals surface area contributed by atoms with Crippen molar-refractivity contribution in [1.29, 1.82) is 0 Å². The molecule has 0 spiro atoms. The number of carbonyl (C=O) groups is 1. The average Bonchev–Trinajstić information content (AvgIpc) is 3.46. The number of fused-ring (bicyclic) bond motifs is 1. The molecule has 2 heterocycles. The first-order chi connectivity index (χ1) is 17.6. The highest BCUT2D eigenvalue weighted by Crippen LogP contribution is 2.39. The molecule has 0 unspecified atom stereocenters. The lowest BCUT2D eigenvalue weighted by molar-refractivity contribution is -0.134. The number of rotatable bonds is 11. The average molecular weight is 521 g/mol. The van der Waals surface area contributed by atoms with Crippen LogP contribution in [-0.4, -0.2) is 24.0 Å². The summed E-state index contributed by atoms with van der Waals surface area (Å²) < 4.78 is 6.31. The number of esters is 1. The lowest BCUT2D eigenvalue weighted by Crippen LogP contribution is -2.21. The van der Waals surface area contributed by atoms with Gasteiger partial charge in [-0.1, -0.05) is 36.0 Å². The Hall–Kier alpha value is -3.50. The Bertz CT molecular complexity index is 1310. The zero-order chi connectivity index (χ0) is 25.3. The molecule has 4 aromatic rings. The summed E-state index contributed by atoms with van der Waals surface area (Å²) >= 11 is 2.92. The van der Waals surface area contributed by atoms with Crippen LogP contribution in [0.15, 0.2) is 75.1 Å². The maximum Gasteiger partial charge on any atom is 0.311 e. The molecule has 10 heteroatoms. The Morgan fingerprint density at radius 3 is 2.19 bits per heavy atom. The van der Waals surface area contributed by atoms with Gasteiger partial charge in [-0.2, -0.15) is 0 Å². The number of hydrogen-bond donors (Lipinski definition) is 0. The third kappa shape index (κ3) is 6.79. The van der Waals surface area contributed by atoms with E-state index in [0.717, 1.165) is 46.1 Å². The van der Waals surface area contributed by atoms with Crippen molar-refractivity contribution in [2.45, 2.75) is 40.0 Å². The fraction of sp³-hybridized carbons (Fsp3) is 0.308. The largest absolute Gasteiger partial charge is 0.427 e. The quantitative estimate of drug-likeness (QED) is 0.112. The number of ether oxygens (including phenoxy) is 1. The second-order valence-electron chi connectivity index (χ2n) is 7.91. The van der Waals surface area contributed by atoms with Gasteiger partial charge < -0.3 is 9.64 Å². The fourth-order valence-corrected chi connectivity index (χ4v) is 5.26. The number of unbranched alkanes of at least 4 members (excludes halogenated alkanes) is 1. The molecule has 0 radical (unpaired) electrons. The van der Waals surface area contributed by atoms with Crippen molar-refractivity contribution >= 4 is 65.4 Å². The summed E-state index contributed by atoms with van der Waals surface area (Å²) in [5.41, 5.74) is 2.65. The lowest BCUT2D eigenvalue weighted by Gasteiger charge is -2.20. The van der Waals surface area contributed by atoms with Crippen LogP contribution in [0, 0.1) is 0 Å². The summed E-state index contributed by atoms with van der Waals surface area (Å²) in [6.07, 6.45) is 2.21. The molecule has 8 nitrogen and oxygen atoms in total. The number of carbonyl (C=O) groups excluding carboxylic acids is 1. The number of aromatic nitrogens is 1. The highest BCUT2D eigenvalue weighted by molar-refractivity contribution is 7.30. The van der Waals surface area contributed by atoms with E-state index in [0.29, 0.717) is 23.0 Å². The summed E-state index contributed by atoms with van der Waals surface area (Å²) in [5.74, 6) is 0.293. The molecule has 36 heavy (non-hydrogen) atoms. The minimum absolute atomic E-state index is 0.218. The monoisotopic (exact) mass is 520 g/mol. The highest BCUT2D eigenvalue weighted by Gasteiger charge is 2.09. The molecule has 0 bridgehead atoms. The normalized spacial score (nSPS) is 11.6. The van der Waals surface area contributed by atoms with Crippen molar-refractivity contribution in [1.82, 2.24) is 4.98 Å². The number of nitrogens with zero attached hydrogens (tertiary/aromatic N) is 6. The molecule has 0 atom stereocenters. The van der Waals surface area contributed by atoms with E-state index >= 15 is 0 Å². The number of benzene rings is 2. The Morgan fingerprint density at radius 1 is 0.889 bits per heavy atom. The first-order valence-electron chi connectivity index (χ1n) is 12.0. The zero-order valence-corrected chi connectivity index (χ0v) is 22.2. The number of azo groups is 2. The molecule has 0 saturated carbocycles. The zero-order valence-electron chi connectivity index (χ0n) is 20.5. The first kappa shape index (κ1) is 25.6. The molecule has 2 aromatic heterocycles. The van der Waals surface area contributed by atoms with Gasteiger partial charge in [0.1, 0.15) is 15.6 Å². The molecule has 0 aliphatic heterocycles. The summed E-state index contributed by atoms with van der Waals surface area (Å²) in [6.45, 7) is 8.27. The van der Waals surface area contributed by atoms with E-state index in [1.54, 1.807) is 24.3 Å². The van der Waals surface area contributed by atoms with Crippen LogP contribution < -0.4 is 9.64 Å². The van der Waals surface area contributed by atoms with E-state index in [4.69, 9.17) is 4.74 Å². The van der Waals surface area contributed by atoms with E-state index in [2.05, 4.69) is 56.3 Å². The Kier molecular flexibility index (Phi) is 8.85. The van der Waals surface area contributed by atoms with Crippen LogP contribution in [0.5, 0.6) is 5.75 Å². The molecule has 2 aromatic carbocycles. The summed E-state index contributed by atoms with van der Waals surface area (Å²) in [6, 6.07) is 17.0. The predicted octanol–water partition coefficient (Wildman–Crippen LogP) is 9.13. The highest BCUT2D eigenvalue weighted by atomic mass is 32.1. The van der Waals surface area contributed by atoms with Crippen LogP contribution in [-0.2, 0) is 4.79 Å². The number of hydrogen-bond acceptors (Lipinski definition) is 10. The molecule has 0 saturated heterocycles. The van der Waals surface area contributed by atoms with E-state index in [-0.39, 0.29) is 5.97 Å². The first-order valence-corrected chi connectivity index (χ1v) is 13.6. The van der Waals surface area contributed by atoms with Gasteiger partial charge in [-0.05, 0) is 74.9 Å². The van der Waals surface area contributed by atoms with Crippen molar-refractivity contribution in [2.75, 3.05) is 18.0 Å². The van der Waals surface area contributed by atoms with E-state index in [1.165, 1.54) is 28.4 Å². The molecule has 4 rings (SSSR count). The third-order valence-corrected chi connectivity index (χ3v) is 7.29. The van der Waals surface area contributed by atoms with Gasteiger partial charge in [0.25, 0.3) is 0 Å². The van der Waals surface area contributed by atoms with E-state index < -0.39 is 0 Å². The van der Waals surface area contributed by atoms with Crippen molar-refractivity contribution in [3.05, 3.63) is 54.6 Å². The smallest absolute Gasteiger partial charge is 0.311 e. The van der Waals surface area contributed by atoms with Gasteiger partial charge in [-0.15, -0.1) is 20.5 Å². The maximum absolute atomic E-state index is 11.7. The van der Waals surface area contributed by atoms with Gasteiger partial charge in [0.15, 0.2) is 0 Å². The Labute approximate surface area is 218 Å². The molecule has 0 N–H and O–H groups in total. The van der Waals surface area contributed by atoms with Crippen LogP contribution >= 0.6 is 22.7 Å². The van der Waals surface area contributed by atoms with Crippen molar-refractivity contribution in [2.24, 2.45) is 20.5 Å². The second-order valence-corrected chi connectivity index (χ2v) is 9.93. The van der Waals surface area contributed by atoms with Crippen LogP contribution in [0.25, 0.3) is 9.53 Å². The molecule has 0 aliphatic rings. The number of anilines is 1. The van der Waals surface area contributed by atoms with Gasteiger partial charge in [0.2, 0.25) is 5.13 Å². The molecule has 0 aliphatic carbocycles. The number of thiazole rings is 1. The predicted molar refractivity (Wildman–Crippen MR) is 147 cm³/mol. The second kappa shape index (κ2) is 12.5. The molecular formula is C26H28N6O2S2. The molecule has 0 amide bonds. The maximum atomic E-state index is 11.7. The Balaban J connectivity index is 1.35. The molecule has 186 valence electrons. The van der Waals surface area contributed by atoms with Gasteiger partial charge in [-0.3, -0.25) is 4.79 Å². The Morgan fingerprint density at radius 2 is 1.56 bits per heavy atom. The molecular weight excluding hydrogens is 492 g/mol. The number of thiophene rings is 1. The SMILES string of the molecule is CCCCC(=O)Oc1ccc(N=Nc2cc3sc(N=Nc4ccc(N(CC)CC)cc4)nc3s2)cc1. The minimum atomic E-state index is -0.218. The van der Waals surface area contributed by atoms with E-state index in [9.17, 15) is 4.79 Å². The lowest BCUT2D eigenvalue weighted by atomic mass is 10.2. The molecule has 0 fully saturated rings. The summed E-state index contributed by atoms with van der Waals surface area (Å²) in [4.78, 5) is 19.4. The van der Waals surface area contributed by atoms with Crippen LogP contribution in [0.4, 0.5) is 27.2 Å². The topological polar surface area (TPSA) is 91.9 Å². The van der Waals surface area contributed by atoms with Crippen LogP contribution in [0.1, 0.15) is 40.0 Å². The van der Waals surface area contributed by atoms with Gasteiger partial charge in [-0.25, -0.2) is 4.98 Å². The van der Waals surface area contributed by atoms with Crippen molar-refractivity contribution < 1.29 is 9.53 Å². The third-order valence-electron chi connectivity index (χ3n) is 5.36. The van der Waals surface area contributed by atoms with Crippen molar-refractivity contribution in [3.8, 4) is 5.75 Å².